The van der Waals surface area contributed by atoms with Crippen molar-refractivity contribution in [2.45, 2.75) is 45.8 Å². The van der Waals surface area contributed by atoms with Gasteiger partial charge in [0.1, 0.15) is 5.01 Å². The number of rotatable bonds is 6. The number of fused-ring (bicyclic) bond motifs is 2. The van der Waals surface area contributed by atoms with Gasteiger partial charge in [0.15, 0.2) is 6.10 Å². The minimum atomic E-state index is -1.15. The number of likely N-dealkylation sites (N-methyl/N-ethyl adjacent to an activating group) is 1. The van der Waals surface area contributed by atoms with Crippen LogP contribution in [-0.2, 0) is 16.6 Å². The average molecular weight is 614 g/mol. The first kappa shape index (κ1) is 29.6. The van der Waals surface area contributed by atoms with E-state index in [0.29, 0.717) is 10.6 Å². The number of carbonyl (C=O) groups is 1. The molecule has 0 aliphatic carbocycles. The lowest BCUT2D eigenvalue weighted by Gasteiger charge is -2.28. The summed E-state index contributed by atoms with van der Waals surface area (Å²) in [6.07, 6.45) is 4.45. The number of aliphatic carboxylic acids is 1. The van der Waals surface area contributed by atoms with E-state index >= 15 is 0 Å². The summed E-state index contributed by atoms with van der Waals surface area (Å²) in [6.45, 7) is 9.56. The smallest absolute Gasteiger partial charge is 0.337 e. The fourth-order valence-electron chi connectivity index (χ4n) is 5.96. The molecule has 0 saturated heterocycles. The molecule has 222 valence electrons. The molecule has 3 aromatic carbocycles. The molecule has 0 fully saturated rings. The third-order valence-corrected chi connectivity index (χ3v) is 9.40. The zero-order valence-electron chi connectivity index (χ0n) is 25.4. The third kappa shape index (κ3) is 5.75. The minimum Gasteiger partial charge on any atom is -0.479 e. The number of carboxylic acids is 1. The van der Waals surface area contributed by atoms with Crippen LogP contribution in [0.4, 0.5) is 0 Å². The molecule has 8 heteroatoms. The molecule has 6 rings (SSSR count). The zero-order valence-corrected chi connectivity index (χ0v) is 26.9. The Kier molecular flexibility index (Phi) is 7.71. The highest BCUT2D eigenvalue weighted by molar-refractivity contribution is 7.22. The third-order valence-electron chi connectivity index (χ3n) is 8.01. The van der Waals surface area contributed by atoms with Crippen LogP contribution in [0.3, 0.4) is 0 Å². The van der Waals surface area contributed by atoms with Crippen molar-refractivity contribution in [3.63, 3.8) is 0 Å². The second kappa shape index (κ2) is 11.2. The van der Waals surface area contributed by atoms with Gasteiger partial charge in [-0.1, -0.05) is 29.8 Å². The highest BCUT2D eigenvalue weighted by Gasteiger charge is 2.32. The quantitative estimate of drug-likeness (QED) is 0.207. The first-order valence-corrected chi connectivity index (χ1v) is 15.7. The van der Waals surface area contributed by atoms with Crippen molar-refractivity contribution in [1.82, 2.24) is 14.5 Å². The van der Waals surface area contributed by atoms with Crippen LogP contribution in [0.25, 0.3) is 48.4 Å². The summed E-state index contributed by atoms with van der Waals surface area (Å²) in [7, 11) is 4.25. The Morgan fingerprint density at radius 1 is 1.09 bits per heavy atom. The maximum atomic E-state index is 12.7. The van der Waals surface area contributed by atoms with Gasteiger partial charge in [-0.2, -0.15) is 0 Å². The van der Waals surface area contributed by atoms with Crippen LogP contribution >= 0.6 is 22.9 Å². The van der Waals surface area contributed by atoms with E-state index in [1.54, 1.807) is 11.3 Å². The topological polar surface area (TPSA) is 67.6 Å². The van der Waals surface area contributed by atoms with Gasteiger partial charge in [-0.15, -0.1) is 11.3 Å². The number of hydrogen-bond acceptors (Lipinski definition) is 5. The van der Waals surface area contributed by atoms with Gasteiger partial charge >= 0.3 is 5.97 Å². The first-order valence-electron chi connectivity index (χ1n) is 14.5. The molecular formula is C35H36ClN3O3S. The van der Waals surface area contributed by atoms with E-state index in [0.717, 1.165) is 57.0 Å². The van der Waals surface area contributed by atoms with Crippen molar-refractivity contribution < 1.29 is 14.6 Å². The minimum absolute atomic E-state index is 0.617. The van der Waals surface area contributed by atoms with Gasteiger partial charge in [0, 0.05) is 64.5 Å². The molecule has 5 aromatic rings. The molecule has 1 atom stereocenters. The highest BCUT2D eigenvalue weighted by Crippen LogP contribution is 2.45. The number of benzene rings is 3. The van der Waals surface area contributed by atoms with Gasteiger partial charge < -0.3 is 19.3 Å². The number of thiazole rings is 1. The van der Waals surface area contributed by atoms with Crippen LogP contribution in [0.15, 0.2) is 60.8 Å². The second-order valence-corrected chi connectivity index (χ2v) is 13.9. The van der Waals surface area contributed by atoms with E-state index in [9.17, 15) is 9.90 Å². The maximum Gasteiger partial charge on any atom is 0.337 e. The Balaban J connectivity index is 1.55. The number of ether oxygens (including phenoxy) is 1. The van der Waals surface area contributed by atoms with E-state index in [1.165, 1.54) is 22.0 Å². The molecule has 3 heterocycles. The number of aromatic nitrogens is 2. The monoisotopic (exact) mass is 613 g/mol. The molecule has 6 nitrogen and oxygen atoms in total. The van der Waals surface area contributed by atoms with Crippen molar-refractivity contribution in [1.29, 1.82) is 0 Å². The van der Waals surface area contributed by atoms with Gasteiger partial charge in [-0.05, 0) is 94.3 Å². The largest absolute Gasteiger partial charge is 0.479 e. The van der Waals surface area contributed by atoms with Gasteiger partial charge in [-0.25, -0.2) is 9.78 Å². The van der Waals surface area contributed by atoms with Crippen molar-refractivity contribution in [3.05, 3.63) is 82.5 Å². The van der Waals surface area contributed by atoms with E-state index in [-0.39, 0.29) is 0 Å². The summed E-state index contributed by atoms with van der Waals surface area (Å²) in [4.78, 5) is 20.1. The van der Waals surface area contributed by atoms with E-state index in [4.69, 9.17) is 21.3 Å². The van der Waals surface area contributed by atoms with E-state index < -0.39 is 17.7 Å². The number of halogens is 1. The van der Waals surface area contributed by atoms with Crippen LogP contribution in [0.2, 0.25) is 5.02 Å². The fraction of sp³-hybridized carbons (Fsp3) is 0.314. The molecule has 1 aliphatic heterocycles. The summed E-state index contributed by atoms with van der Waals surface area (Å²) in [5, 5.41) is 13.1. The Labute approximate surface area is 261 Å². The predicted octanol–water partition coefficient (Wildman–Crippen LogP) is 8.74. The predicted molar refractivity (Wildman–Crippen MR) is 178 cm³/mol. The molecule has 0 saturated carbocycles. The summed E-state index contributed by atoms with van der Waals surface area (Å²) in [6, 6.07) is 16.1. The molecule has 1 aliphatic rings. The van der Waals surface area contributed by atoms with Gasteiger partial charge in [-0.3, -0.25) is 0 Å². The lowest BCUT2D eigenvalue weighted by Crippen LogP contribution is -2.28. The lowest BCUT2D eigenvalue weighted by atomic mass is 9.91. The Hall–Kier alpha value is -3.49. The van der Waals surface area contributed by atoms with Crippen LogP contribution in [0.5, 0.6) is 0 Å². The van der Waals surface area contributed by atoms with Gasteiger partial charge in [0.2, 0.25) is 0 Å². The number of nitrogens with zero attached hydrogens (tertiary/aromatic N) is 3. The van der Waals surface area contributed by atoms with Crippen molar-refractivity contribution in [2.75, 3.05) is 20.1 Å². The SMILES string of the molecule is Cc1cc2nc(-c3ccc4c(c3)c(C3=CCN(C)CC3)cn4C)sc2c(-c2ccc(Cl)cc2)c1[C@H](OC(C)(C)C)C(=O)O. The number of aryl methyl sites for hydroxylation is 2. The summed E-state index contributed by atoms with van der Waals surface area (Å²) in [5.41, 5.74) is 8.21. The molecule has 0 amide bonds. The molecule has 1 N–H and O–H groups in total. The normalized spacial score (nSPS) is 15.3. The molecule has 0 radical (unpaired) electrons. The Bertz CT molecular complexity index is 1900. The fourth-order valence-corrected chi connectivity index (χ4v) is 7.21. The molecular weight excluding hydrogens is 578 g/mol. The maximum absolute atomic E-state index is 12.7. The van der Waals surface area contributed by atoms with Gasteiger partial charge in [0.25, 0.3) is 0 Å². The van der Waals surface area contributed by atoms with Crippen LogP contribution in [-0.4, -0.2) is 51.3 Å². The zero-order chi connectivity index (χ0) is 30.6. The van der Waals surface area contributed by atoms with Crippen molar-refractivity contribution >= 4 is 55.6 Å². The van der Waals surface area contributed by atoms with Gasteiger partial charge in [0.05, 0.1) is 15.8 Å². The summed E-state index contributed by atoms with van der Waals surface area (Å²) in [5.74, 6) is -1.03. The van der Waals surface area contributed by atoms with Crippen LogP contribution in [0.1, 0.15) is 50.0 Å². The van der Waals surface area contributed by atoms with Crippen LogP contribution in [0, 0.1) is 6.92 Å². The average Bonchev–Trinajstić information content (AvgIpc) is 3.52. The molecule has 0 bridgehead atoms. The van der Waals surface area contributed by atoms with E-state index in [1.807, 2.05) is 58.0 Å². The Morgan fingerprint density at radius 3 is 2.47 bits per heavy atom. The molecule has 0 spiro atoms. The second-order valence-electron chi connectivity index (χ2n) is 12.4. The molecule has 2 aromatic heterocycles. The number of hydrogen-bond donors (Lipinski definition) is 1. The lowest BCUT2D eigenvalue weighted by molar-refractivity contribution is -0.160. The first-order chi connectivity index (χ1) is 20.4. The molecule has 0 unspecified atom stereocenters. The standard InChI is InChI=1S/C35H36ClN3O3S/c1-20-17-27-32(30(22-7-10-24(36)11-8-22)29(20)31(34(40)41)42-35(2,3)4)43-33(37-27)23-9-12-28-25(18-23)26(19-39(28)6)21-13-15-38(5)16-14-21/h7-13,17-19,31H,14-16H2,1-6H3,(H,40,41)/t31-/m0/s1. The van der Waals surface area contributed by atoms with Crippen molar-refractivity contribution in [3.8, 4) is 21.7 Å². The summed E-state index contributed by atoms with van der Waals surface area (Å²) >= 11 is 7.84. The molecule has 43 heavy (non-hydrogen) atoms. The number of carboxylic acid groups (broad SMARTS) is 1. The van der Waals surface area contributed by atoms with Crippen LogP contribution < -0.4 is 0 Å². The summed E-state index contributed by atoms with van der Waals surface area (Å²) < 4.78 is 9.29. The Morgan fingerprint density at radius 2 is 1.81 bits per heavy atom. The highest BCUT2D eigenvalue weighted by atomic mass is 35.5. The van der Waals surface area contributed by atoms with E-state index in [2.05, 4.69) is 54.0 Å². The van der Waals surface area contributed by atoms with Crippen molar-refractivity contribution in [2.24, 2.45) is 7.05 Å².